The first kappa shape index (κ1) is 19.3. The van der Waals surface area contributed by atoms with Gasteiger partial charge in [-0.3, -0.25) is 4.57 Å². The second-order valence-electron chi connectivity index (χ2n) is 5.53. The lowest BCUT2D eigenvalue weighted by atomic mass is 10.2. The lowest BCUT2D eigenvalue weighted by molar-refractivity contribution is 0.344. The molecule has 0 saturated carbocycles. The van der Waals surface area contributed by atoms with E-state index in [0.29, 0.717) is 29.7 Å². The SMILES string of the molecule is C=CCn1c(SCCOc2ccccc2Cl)nnc1-c1ccccc1OC. The topological polar surface area (TPSA) is 49.2 Å². The molecule has 0 radical (unpaired) electrons. The van der Waals surface area contributed by atoms with Crippen LogP contribution in [-0.2, 0) is 6.54 Å². The van der Waals surface area contributed by atoms with Crippen LogP contribution in [0.1, 0.15) is 0 Å². The van der Waals surface area contributed by atoms with Gasteiger partial charge >= 0.3 is 0 Å². The highest BCUT2D eigenvalue weighted by Gasteiger charge is 2.16. The molecule has 0 fully saturated rings. The van der Waals surface area contributed by atoms with Gasteiger partial charge in [-0.15, -0.1) is 16.8 Å². The smallest absolute Gasteiger partial charge is 0.191 e. The fourth-order valence-electron chi connectivity index (χ4n) is 2.56. The molecule has 1 heterocycles. The van der Waals surface area contributed by atoms with E-state index in [4.69, 9.17) is 21.1 Å². The number of halogens is 1. The number of hydrogen-bond acceptors (Lipinski definition) is 5. The van der Waals surface area contributed by atoms with Gasteiger partial charge in [0.2, 0.25) is 0 Å². The van der Waals surface area contributed by atoms with E-state index in [1.54, 1.807) is 18.9 Å². The van der Waals surface area contributed by atoms with Gasteiger partial charge in [0.1, 0.15) is 11.5 Å². The van der Waals surface area contributed by atoms with E-state index in [2.05, 4.69) is 16.8 Å². The number of benzene rings is 2. The first-order valence-corrected chi connectivity index (χ1v) is 9.78. The zero-order valence-corrected chi connectivity index (χ0v) is 16.5. The monoisotopic (exact) mass is 401 g/mol. The van der Waals surface area contributed by atoms with Crippen LogP contribution in [0.3, 0.4) is 0 Å². The van der Waals surface area contributed by atoms with Gasteiger partial charge in [-0.25, -0.2) is 0 Å². The number of methoxy groups -OCH3 is 1. The Morgan fingerprint density at radius 3 is 2.59 bits per heavy atom. The number of nitrogens with zero attached hydrogens (tertiary/aromatic N) is 3. The van der Waals surface area contributed by atoms with Crippen molar-refractivity contribution in [1.82, 2.24) is 14.8 Å². The van der Waals surface area contributed by atoms with Crippen molar-refractivity contribution in [2.45, 2.75) is 11.7 Å². The minimum atomic E-state index is 0.513. The van der Waals surface area contributed by atoms with Crippen molar-refractivity contribution in [3.63, 3.8) is 0 Å². The normalized spacial score (nSPS) is 10.6. The zero-order valence-electron chi connectivity index (χ0n) is 15.0. The minimum Gasteiger partial charge on any atom is -0.496 e. The molecule has 0 aliphatic rings. The quantitative estimate of drug-likeness (QED) is 0.288. The third-order valence-corrected chi connectivity index (χ3v) is 5.03. The second-order valence-corrected chi connectivity index (χ2v) is 7.00. The van der Waals surface area contributed by atoms with Gasteiger partial charge in [-0.1, -0.05) is 53.7 Å². The zero-order chi connectivity index (χ0) is 19.1. The molecule has 27 heavy (non-hydrogen) atoms. The van der Waals surface area contributed by atoms with E-state index < -0.39 is 0 Å². The van der Waals surface area contributed by atoms with E-state index in [1.807, 2.05) is 59.2 Å². The Morgan fingerprint density at radius 1 is 1.11 bits per heavy atom. The van der Waals surface area contributed by atoms with Crippen molar-refractivity contribution in [1.29, 1.82) is 0 Å². The van der Waals surface area contributed by atoms with E-state index in [-0.39, 0.29) is 0 Å². The predicted molar refractivity (Wildman–Crippen MR) is 110 cm³/mol. The molecular weight excluding hydrogens is 382 g/mol. The van der Waals surface area contributed by atoms with Crippen LogP contribution in [0, 0.1) is 0 Å². The highest BCUT2D eigenvalue weighted by Crippen LogP contribution is 2.31. The molecule has 0 amide bonds. The molecule has 0 unspecified atom stereocenters. The average Bonchev–Trinajstić information content (AvgIpc) is 3.09. The summed E-state index contributed by atoms with van der Waals surface area (Å²) in [6.07, 6.45) is 1.83. The highest BCUT2D eigenvalue weighted by atomic mass is 35.5. The van der Waals surface area contributed by atoms with Gasteiger partial charge in [0.05, 0.1) is 24.3 Å². The Balaban J connectivity index is 1.72. The molecule has 0 aliphatic heterocycles. The molecule has 0 aliphatic carbocycles. The fourth-order valence-corrected chi connectivity index (χ4v) is 3.52. The lowest BCUT2D eigenvalue weighted by Gasteiger charge is -2.11. The Bertz CT molecular complexity index is 914. The van der Waals surface area contributed by atoms with E-state index in [1.165, 1.54) is 0 Å². The summed E-state index contributed by atoms with van der Waals surface area (Å²) in [6, 6.07) is 15.2. The summed E-state index contributed by atoms with van der Waals surface area (Å²) < 4.78 is 13.2. The second kappa shape index (κ2) is 9.48. The Morgan fingerprint density at radius 2 is 1.85 bits per heavy atom. The molecule has 5 nitrogen and oxygen atoms in total. The maximum atomic E-state index is 6.11. The maximum Gasteiger partial charge on any atom is 0.191 e. The van der Waals surface area contributed by atoms with Gasteiger partial charge in [0, 0.05) is 12.3 Å². The standard InChI is InChI=1S/C20H20ClN3O2S/c1-3-12-24-19(15-8-4-6-10-17(15)25-2)22-23-20(24)27-14-13-26-18-11-7-5-9-16(18)21/h3-11H,1,12-14H2,2H3. The number of aromatic nitrogens is 3. The van der Waals surface area contributed by atoms with E-state index in [0.717, 1.165) is 22.3 Å². The number of thioether (sulfide) groups is 1. The number of rotatable bonds is 9. The van der Waals surface area contributed by atoms with Gasteiger partial charge in [0.15, 0.2) is 11.0 Å². The van der Waals surface area contributed by atoms with Crippen LogP contribution in [0.5, 0.6) is 11.5 Å². The summed E-state index contributed by atoms with van der Waals surface area (Å²) in [5.74, 6) is 2.91. The van der Waals surface area contributed by atoms with Gasteiger partial charge in [0.25, 0.3) is 0 Å². The summed E-state index contributed by atoms with van der Waals surface area (Å²) in [6.45, 7) is 4.96. The maximum absolute atomic E-state index is 6.11. The summed E-state index contributed by atoms with van der Waals surface area (Å²) in [5.41, 5.74) is 0.897. The summed E-state index contributed by atoms with van der Waals surface area (Å²) in [4.78, 5) is 0. The number of ether oxygens (including phenoxy) is 2. The van der Waals surface area contributed by atoms with Crippen LogP contribution in [0.15, 0.2) is 66.3 Å². The van der Waals surface area contributed by atoms with Gasteiger partial charge < -0.3 is 9.47 Å². The average molecular weight is 402 g/mol. The molecule has 0 bridgehead atoms. The van der Waals surface area contributed by atoms with E-state index >= 15 is 0 Å². The third kappa shape index (κ3) is 4.64. The Kier molecular flexibility index (Phi) is 6.79. The number of allylic oxidation sites excluding steroid dienone is 1. The van der Waals surface area contributed by atoms with Crippen molar-refractivity contribution >= 4 is 23.4 Å². The molecule has 0 spiro atoms. The highest BCUT2D eigenvalue weighted by molar-refractivity contribution is 7.99. The summed E-state index contributed by atoms with van der Waals surface area (Å²) >= 11 is 7.68. The molecule has 7 heteroatoms. The third-order valence-electron chi connectivity index (χ3n) is 3.79. The first-order valence-electron chi connectivity index (χ1n) is 8.42. The van der Waals surface area contributed by atoms with Gasteiger partial charge in [-0.2, -0.15) is 0 Å². The molecule has 0 saturated heterocycles. The van der Waals surface area contributed by atoms with E-state index in [9.17, 15) is 0 Å². The lowest BCUT2D eigenvalue weighted by Crippen LogP contribution is -2.04. The molecule has 1 aromatic heterocycles. The number of para-hydroxylation sites is 2. The fraction of sp³-hybridized carbons (Fsp3) is 0.200. The van der Waals surface area contributed by atoms with Crippen LogP contribution in [0.2, 0.25) is 5.02 Å². The predicted octanol–water partition coefficient (Wildman–Crippen LogP) is 4.96. The molecule has 3 aromatic rings. The largest absolute Gasteiger partial charge is 0.496 e. The number of hydrogen-bond donors (Lipinski definition) is 0. The molecule has 0 atom stereocenters. The molecule has 0 N–H and O–H groups in total. The minimum absolute atomic E-state index is 0.513. The molecule has 2 aromatic carbocycles. The van der Waals surface area contributed by atoms with Crippen molar-refractivity contribution < 1.29 is 9.47 Å². The molecule has 3 rings (SSSR count). The Hall–Kier alpha value is -2.44. The molecule has 140 valence electrons. The van der Waals surface area contributed by atoms with Crippen LogP contribution < -0.4 is 9.47 Å². The van der Waals surface area contributed by atoms with Crippen molar-refractivity contribution in [3.05, 3.63) is 66.2 Å². The first-order chi connectivity index (χ1) is 13.2. The van der Waals surface area contributed by atoms with Gasteiger partial charge in [-0.05, 0) is 24.3 Å². The molecular formula is C20H20ClN3O2S. The van der Waals surface area contributed by atoms with Crippen molar-refractivity contribution in [2.24, 2.45) is 0 Å². The van der Waals surface area contributed by atoms with Crippen LogP contribution in [0.25, 0.3) is 11.4 Å². The van der Waals surface area contributed by atoms with Crippen LogP contribution >= 0.6 is 23.4 Å². The van der Waals surface area contributed by atoms with Crippen LogP contribution in [0.4, 0.5) is 0 Å². The van der Waals surface area contributed by atoms with Crippen molar-refractivity contribution in [3.8, 4) is 22.9 Å². The summed E-state index contributed by atoms with van der Waals surface area (Å²) in [7, 11) is 1.65. The van der Waals surface area contributed by atoms with Crippen molar-refractivity contribution in [2.75, 3.05) is 19.5 Å². The Labute approximate surface area is 168 Å². The summed E-state index contributed by atoms with van der Waals surface area (Å²) in [5, 5.41) is 10.1. The van der Waals surface area contributed by atoms with Crippen LogP contribution in [-0.4, -0.2) is 34.2 Å².